The van der Waals surface area contributed by atoms with Gasteiger partial charge in [-0.25, -0.2) is 0 Å². The van der Waals surface area contributed by atoms with Gasteiger partial charge in [0.15, 0.2) is 0 Å². The van der Waals surface area contributed by atoms with Crippen LogP contribution in [0.3, 0.4) is 0 Å². The molecule has 1 aliphatic carbocycles. The predicted octanol–water partition coefficient (Wildman–Crippen LogP) is 3.26. The molecule has 1 aliphatic rings. The van der Waals surface area contributed by atoms with Crippen molar-refractivity contribution in [1.82, 2.24) is 0 Å². The average Bonchev–Trinajstić information content (AvgIpc) is 2.37. The molecule has 1 nitrogen and oxygen atoms in total. The van der Waals surface area contributed by atoms with Gasteiger partial charge in [0.2, 0.25) is 0 Å². The lowest BCUT2D eigenvalue weighted by Crippen LogP contribution is -2.13. The summed E-state index contributed by atoms with van der Waals surface area (Å²) in [7, 11) is 0. The highest BCUT2D eigenvalue weighted by Gasteiger charge is 2.21. The third-order valence-electron chi connectivity index (χ3n) is 3.33. The van der Waals surface area contributed by atoms with Crippen LogP contribution in [0.5, 0.6) is 0 Å². The van der Waals surface area contributed by atoms with Gasteiger partial charge in [0, 0.05) is 10.9 Å². The monoisotopic (exact) mass is 247 g/mol. The zero-order valence-electron chi connectivity index (χ0n) is 9.95. The first kappa shape index (κ1) is 12.5. The number of hydrogen-bond donors (Lipinski definition) is 1. The van der Waals surface area contributed by atoms with Gasteiger partial charge < -0.3 is 5.73 Å². The lowest BCUT2D eigenvalue weighted by atomic mass is 9.83. The molecule has 0 aromatic heterocycles. The van der Waals surface area contributed by atoms with Crippen LogP contribution in [-0.2, 0) is 0 Å². The van der Waals surface area contributed by atoms with Gasteiger partial charge in [-0.2, -0.15) is 0 Å². The van der Waals surface area contributed by atoms with E-state index >= 15 is 0 Å². The Hall–Kier alpha value is -0.970. The molecular formula is C15H18ClN. The van der Waals surface area contributed by atoms with Gasteiger partial charge in [-0.1, -0.05) is 30.4 Å². The van der Waals surface area contributed by atoms with Gasteiger partial charge in [0.05, 0.1) is 6.54 Å². The molecule has 0 radical (unpaired) electrons. The van der Waals surface area contributed by atoms with Gasteiger partial charge in [-0.15, -0.1) is 11.6 Å². The minimum Gasteiger partial charge on any atom is -0.320 e. The zero-order chi connectivity index (χ0) is 12.1. The summed E-state index contributed by atoms with van der Waals surface area (Å²) in [6.07, 6.45) is 4.78. The number of halogens is 1. The Labute approximate surface area is 108 Å². The number of nitrogens with two attached hydrogens (primary N) is 1. The first-order valence-corrected chi connectivity index (χ1v) is 6.66. The summed E-state index contributed by atoms with van der Waals surface area (Å²) in [5.74, 6) is 6.54. The largest absolute Gasteiger partial charge is 0.320 e. The van der Waals surface area contributed by atoms with E-state index in [1.54, 1.807) is 0 Å². The van der Waals surface area contributed by atoms with Crippen molar-refractivity contribution < 1.29 is 0 Å². The van der Waals surface area contributed by atoms with Crippen molar-refractivity contribution in [2.45, 2.75) is 37.0 Å². The standard InChI is InChI=1S/C15H18ClN/c16-15-5-1-4-14(11-15)13-8-6-12(7-9-13)3-2-10-17/h6-9,14-15H,1,4-5,10-11,17H2. The van der Waals surface area contributed by atoms with E-state index in [9.17, 15) is 0 Å². The topological polar surface area (TPSA) is 26.0 Å². The Morgan fingerprint density at radius 3 is 2.65 bits per heavy atom. The first-order chi connectivity index (χ1) is 8.29. The van der Waals surface area contributed by atoms with Crippen LogP contribution in [0.15, 0.2) is 24.3 Å². The molecule has 1 aromatic rings. The minimum absolute atomic E-state index is 0.352. The van der Waals surface area contributed by atoms with E-state index in [1.165, 1.54) is 18.4 Å². The van der Waals surface area contributed by atoms with Crippen molar-refractivity contribution >= 4 is 11.6 Å². The molecule has 17 heavy (non-hydrogen) atoms. The van der Waals surface area contributed by atoms with E-state index < -0.39 is 0 Å². The lowest BCUT2D eigenvalue weighted by molar-refractivity contribution is 0.449. The molecule has 90 valence electrons. The number of hydrogen-bond acceptors (Lipinski definition) is 1. The van der Waals surface area contributed by atoms with Crippen LogP contribution in [0, 0.1) is 11.8 Å². The maximum absolute atomic E-state index is 6.22. The maximum atomic E-state index is 6.22. The van der Waals surface area contributed by atoms with Crippen LogP contribution in [-0.4, -0.2) is 11.9 Å². The summed E-state index contributed by atoms with van der Waals surface area (Å²) >= 11 is 6.22. The van der Waals surface area contributed by atoms with Crippen molar-refractivity contribution in [1.29, 1.82) is 0 Å². The van der Waals surface area contributed by atoms with Gasteiger partial charge in [0.1, 0.15) is 0 Å². The molecule has 0 bridgehead atoms. The predicted molar refractivity (Wildman–Crippen MR) is 73.2 cm³/mol. The molecule has 2 atom stereocenters. The van der Waals surface area contributed by atoms with Gasteiger partial charge >= 0.3 is 0 Å². The highest BCUT2D eigenvalue weighted by atomic mass is 35.5. The highest BCUT2D eigenvalue weighted by Crippen LogP contribution is 2.35. The quantitative estimate of drug-likeness (QED) is 0.598. The number of alkyl halides is 1. The van der Waals surface area contributed by atoms with Crippen LogP contribution in [0.2, 0.25) is 0 Å². The fraction of sp³-hybridized carbons (Fsp3) is 0.467. The average molecular weight is 248 g/mol. The molecule has 1 saturated carbocycles. The normalized spacial score (nSPS) is 23.9. The van der Waals surface area contributed by atoms with E-state index in [0.717, 1.165) is 18.4 Å². The Balaban J connectivity index is 2.06. The van der Waals surface area contributed by atoms with Gasteiger partial charge in [0.25, 0.3) is 0 Å². The smallest absolute Gasteiger partial charge is 0.0555 e. The Bertz CT molecular complexity index is 413. The molecule has 2 rings (SSSR count). The molecule has 2 unspecified atom stereocenters. The summed E-state index contributed by atoms with van der Waals surface area (Å²) < 4.78 is 0. The van der Waals surface area contributed by atoms with Crippen molar-refractivity contribution in [3.05, 3.63) is 35.4 Å². The molecule has 0 amide bonds. The van der Waals surface area contributed by atoms with E-state index in [2.05, 4.69) is 36.1 Å². The lowest BCUT2D eigenvalue weighted by Gasteiger charge is -2.25. The van der Waals surface area contributed by atoms with Gasteiger partial charge in [-0.3, -0.25) is 0 Å². The van der Waals surface area contributed by atoms with E-state index in [0.29, 0.717) is 17.8 Å². The molecule has 1 fully saturated rings. The molecule has 0 heterocycles. The Morgan fingerprint density at radius 1 is 1.24 bits per heavy atom. The Morgan fingerprint density at radius 2 is 2.00 bits per heavy atom. The molecule has 0 spiro atoms. The van der Waals surface area contributed by atoms with E-state index in [4.69, 9.17) is 17.3 Å². The second-order valence-electron chi connectivity index (χ2n) is 4.59. The highest BCUT2D eigenvalue weighted by molar-refractivity contribution is 6.20. The summed E-state index contributed by atoms with van der Waals surface area (Å²) in [4.78, 5) is 0. The van der Waals surface area contributed by atoms with Crippen molar-refractivity contribution in [2.75, 3.05) is 6.54 Å². The van der Waals surface area contributed by atoms with Crippen LogP contribution < -0.4 is 5.73 Å². The second kappa shape index (κ2) is 6.10. The molecule has 2 N–H and O–H groups in total. The van der Waals surface area contributed by atoms with Crippen molar-refractivity contribution in [3.8, 4) is 11.8 Å². The van der Waals surface area contributed by atoms with Gasteiger partial charge in [-0.05, 0) is 42.9 Å². The van der Waals surface area contributed by atoms with E-state index in [1.807, 2.05) is 0 Å². The molecule has 2 heteroatoms. The Kier molecular flexibility index (Phi) is 4.48. The SMILES string of the molecule is NCC#Cc1ccc(C2CCCC(Cl)C2)cc1. The molecule has 0 saturated heterocycles. The maximum Gasteiger partial charge on any atom is 0.0555 e. The van der Waals surface area contributed by atoms with Crippen LogP contribution in [0.4, 0.5) is 0 Å². The summed E-state index contributed by atoms with van der Waals surface area (Å²) in [6.45, 7) is 0.415. The number of benzene rings is 1. The van der Waals surface area contributed by atoms with Crippen molar-refractivity contribution in [2.24, 2.45) is 5.73 Å². The van der Waals surface area contributed by atoms with E-state index in [-0.39, 0.29) is 0 Å². The zero-order valence-corrected chi connectivity index (χ0v) is 10.7. The fourth-order valence-electron chi connectivity index (χ4n) is 2.42. The van der Waals surface area contributed by atoms with Crippen molar-refractivity contribution in [3.63, 3.8) is 0 Å². The molecule has 1 aromatic carbocycles. The third kappa shape index (κ3) is 3.49. The minimum atomic E-state index is 0.352. The fourth-order valence-corrected chi connectivity index (χ4v) is 2.79. The van der Waals surface area contributed by atoms with Crippen LogP contribution >= 0.6 is 11.6 Å². The summed E-state index contributed by atoms with van der Waals surface area (Å²) in [6, 6.07) is 8.52. The third-order valence-corrected chi connectivity index (χ3v) is 3.72. The van der Waals surface area contributed by atoms with Crippen LogP contribution in [0.25, 0.3) is 0 Å². The molecular weight excluding hydrogens is 230 g/mol. The summed E-state index contributed by atoms with van der Waals surface area (Å²) in [5, 5.41) is 0.352. The molecule has 0 aliphatic heterocycles. The summed E-state index contributed by atoms with van der Waals surface area (Å²) in [5.41, 5.74) is 7.79. The van der Waals surface area contributed by atoms with Crippen LogP contribution in [0.1, 0.15) is 42.7 Å². The second-order valence-corrected chi connectivity index (χ2v) is 5.21. The first-order valence-electron chi connectivity index (χ1n) is 6.22. The number of rotatable bonds is 1.